The van der Waals surface area contributed by atoms with Crippen molar-refractivity contribution in [2.24, 2.45) is 5.92 Å². The number of ether oxygens (including phenoxy) is 1. The molecule has 5 nitrogen and oxygen atoms in total. The van der Waals surface area contributed by atoms with Crippen LogP contribution in [0.2, 0.25) is 0 Å². The SMILES string of the molecule is CCc1nc(C)c(C(=O)O)c(SCCOCCC(C)C)n1. The van der Waals surface area contributed by atoms with E-state index in [9.17, 15) is 9.90 Å². The van der Waals surface area contributed by atoms with Gasteiger partial charge in [0.05, 0.1) is 12.3 Å². The lowest BCUT2D eigenvalue weighted by atomic mass is 10.1. The molecule has 0 aromatic carbocycles. The van der Waals surface area contributed by atoms with Crippen molar-refractivity contribution in [2.75, 3.05) is 19.0 Å². The lowest BCUT2D eigenvalue weighted by molar-refractivity contribution is 0.0690. The molecule has 118 valence electrons. The topological polar surface area (TPSA) is 72.3 Å². The normalized spacial score (nSPS) is 11.1. The summed E-state index contributed by atoms with van der Waals surface area (Å²) in [4.78, 5) is 19.9. The maximum absolute atomic E-state index is 11.3. The average Bonchev–Trinajstić information content (AvgIpc) is 2.41. The number of rotatable bonds is 9. The van der Waals surface area contributed by atoms with Crippen molar-refractivity contribution in [1.29, 1.82) is 0 Å². The monoisotopic (exact) mass is 312 g/mol. The highest BCUT2D eigenvalue weighted by Crippen LogP contribution is 2.23. The van der Waals surface area contributed by atoms with E-state index in [0.717, 1.165) is 13.0 Å². The first-order valence-electron chi connectivity index (χ1n) is 7.27. The van der Waals surface area contributed by atoms with Crippen LogP contribution in [0.5, 0.6) is 0 Å². The molecule has 21 heavy (non-hydrogen) atoms. The first kappa shape index (κ1) is 17.9. The fraction of sp³-hybridized carbons (Fsp3) is 0.667. The molecule has 0 unspecified atom stereocenters. The third-order valence-corrected chi connectivity index (χ3v) is 3.88. The zero-order valence-electron chi connectivity index (χ0n) is 13.2. The Labute approximate surface area is 130 Å². The van der Waals surface area contributed by atoms with Gasteiger partial charge in [0.1, 0.15) is 16.4 Å². The molecule has 0 bridgehead atoms. The maximum Gasteiger partial charge on any atom is 0.340 e. The number of hydrogen-bond donors (Lipinski definition) is 1. The summed E-state index contributed by atoms with van der Waals surface area (Å²) >= 11 is 1.42. The van der Waals surface area contributed by atoms with Crippen LogP contribution in [0, 0.1) is 12.8 Å². The van der Waals surface area contributed by atoms with Crippen molar-refractivity contribution >= 4 is 17.7 Å². The fourth-order valence-corrected chi connectivity index (χ4v) is 2.67. The molecule has 6 heteroatoms. The number of carboxylic acid groups (broad SMARTS) is 1. The zero-order valence-corrected chi connectivity index (χ0v) is 14.0. The Hall–Kier alpha value is -1.14. The summed E-state index contributed by atoms with van der Waals surface area (Å²) in [6.07, 6.45) is 1.73. The van der Waals surface area contributed by atoms with Gasteiger partial charge in [0, 0.05) is 18.8 Å². The Morgan fingerprint density at radius 1 is 1.33 bits per heavy atom. The van der Waals surface area contributed by atoms with Crippen LogP contribution in [0.4, 0.5) is 0 Å². The average molecular weight is 312 g/mol. The third kappa shape index (κ3) is 6.01. The Kier molecular flexibility index (Phi) is 7.67. The molecule has 0 aliphatic rings. The van der Waals surface area contributed by atoms with Crippen LogP contribution in [-0.2, 0) is 11.2 Å². The van der Waals surface area contributed by atoms with Crippen molar-refractivity contribution in [3.05, 3.63) is 17.1 Å². The van der Waals surface area contributed by atoms with Gasteiger partial charge in [-0.05, 0) is 19.3 Å². The van der Waals surface area contributed by atoms with Crippen LogP contribution in [0.1, 0.15) is 49.1 Å². The zero-order chi connectivity index (χ0) is 15.8. The van der Waals surface area contributed by atoms with Gasteiger partial charge in [0.25, 0.3) is 0 Å². The molecule has 0 fully saturated rings. The molecular formula is C15H24N2O3S. The molecule has 1 aromatic rings. The lowest BCUT2D eigenvalue weighted by Gasteiger charge is -2.10. The molecule has 0 amide bonds. The van der Waals surface area contributed by atoms with Gasteiger partial charge in [-0.3, -0.25) is 0 Å². The predicted molar refractivity (Wildman–Crippen MR) is 84.1 cm³/mol. The van der Waals surface area contributed by atoms with Crippen molar-refractivity contribution < 1.29 is 14.6 Å². The lowest BCUT2D eigenvalue weighted by Crippen LogP contribution is -2.10. The standard InChI is InChI=1S/C15H24N2O3S/c1-5-12-16-11(4)13(15(18)19)14(17-12)21-9-8-20-7-6-10(2)3/h10H,5-9H2,1-4H3,(H,18,19). The molecule has 1 rings (SSSR count). The quantitative estimate of drug-likeness (QED) is 0.429. The summed E-state index contributed by atoms with van der Waals surface area (Å²) in [5, 5.41) is 9.83. The third-order valence-electron chi connectivity index (χ3n) is 2.94. The number of aromatic carboxylic acids is 1. The molecule has 0 spiro atoms. The minimum absolute atomic E-state index is 0.208. The van der Waals surface area contributed by atoms with E-state index in [1.54, 1.807) is 6.92 Å². The highest BCUT2D eigenvalue weighted by molar-refractivity contribution is 7.99. The molecule has 0 saturated carbocycles. The van der Waals surface area contributed by atoms with Crippen LogP contribution in [0.15, 0.2) is 5.03 Å². The summed E-state index contributed by atoms with van der Waals surface area (Å²) < 4.78 is 5.54. The molecule has 1 N–H and O–H groups in total. The van der Waals surface area contributed by atoms with E-state index in [0.29, 0.717) is 41.2 Å². The number of carbonyl (C=O) groups is 1. The second-order valence-electron chi connectivity index (χ2n) is 5.21. The molecule has 0 saturated heterocycles. The Balaban J connectivity index is 2.60. The smallest absolute Gasteiger partial charge is 0.340 e. The van der Waals surface area contributed by atoms with Gasteiger partial charge in [-0.25, -0.2) is 14.8 Å². The van der Waals surface area contributed by atoms with E-state index in [4.69, 9.17) is 4.74 Å². The van der Waals surface area contributed by atoms with Gasteiger partial charge in [-0.15, -0.1) is 11.8 Å². The second kappa shape index (κ2) is 9.00. The Morgan fingerprint density at radius 3 is 2.62 bits per heavy atom. The number of nitrogens with zero attached hydrogens (tertiary/aromatic N) is 2. The van der Waals surface area contributed by atoms with Gasteiger partial charge < -0.3 is 9.84 Å². The first-order chi connectivity index (χ1) is 9.95. The first-order valence-corrected chi connectivity index (χ1v) is 8.25. The van der Waals surface area contributed by atoms with E-state index < -0.39 is 5.97 Å². The summed E-state index contributed by atoms with van der Waals surface area (Å²) in [5.41, 5.74) is 0.733. The van der Waals surface area contributed by atoms with Crippen molar-refractivity contribution in [3.63, 3.8) is 0 Å². The van der Waals surface area contributed by atoms with Gasteiger partial charge in [-0.2, -0.15) is 0 Å². The number of thioether (sulfide) groups is 1. The minimum atomic E-state index is -0.974. The molecule has 0 aliphatic carbocycles. The summed E-state index contributed by atoms with van der Waals surface area (Å²) in [6, 6.07) is 0. The van der Waals surface area contributed by atoms with Crippen LogP contribution in [-0.4, -0.2) is 40.0 Å². The molecule has 0 aliphatic heterocycles. The van der Waals surface area contributed by atoms with Gasteiger partial charge in [0.15, 0.2) is 0 Å². The predicted octanol–water partition coefficient (Wildman–Crippen LogP) is 3.20. The van der Waals surface area contributed by atoms with Crippen molar-refractivity contribution in [2.45, 2.75) is 45.6 Å². The van der Waals surface area contributed by atoms with Gasteiger partial charge >= 0.3 is 5.97 Å². The number of hydrogen-bond acceptors (Lipinski definition) is 5. The number of carboxylic acids is 1. The summed E-state index contributed by atoms with van der Waals surface area (Å²) in [6.45, 7) is 9.33. The van der Waals surface area contributed by atoms with Crippen LogP contribution < -0.4 is 0 Å². The Bertz CT molecular complexity index is 478. The fourth-order valence-electron chi connectivity index (χ4n) is 1.73. The molecular weight excluding hydrogens is 288 g/mol. The van der Waals surface area contributed by atoms with E-state index in [-0.39, 0.29) is 5.56 Å². The van der Waals surface area contributed by atoms with Gasteiger partial charge in [0.2, 0.25) is 0 Å². The van der Waals surface area contributed by atoms with E-state index >= 15 is 0 Å². The van der Waals surface area contributed by atoms with Gasteiger partial charge in [-0.1, -0.05) is 20.8 Å². The highest BCUT2D eigenvalue weighted by atomic mass is 32.2. The minimum Gasteiger partial charge on any atom is -0.478 e. The van der Waals surface area contributed by atoms with E-state index in [2.05, 4.69) is 23.8 Å². The second-order valence-corrected chi connectivity index (χ2v) is 6.29. The molecule has 0 atom stereocenters. The largest absolute Gasteiger partial charge is 0.478 e. The van der Waals surface area contributed by atoms with Crippen LogP contribution in [0.25, 0.3) is 0 Å². The van der Waals surface area contributed by atoms with Crippen molar-refractivity contribution in [1.82, 2.24) is 9.97 Å². The maximum atomic E-state index is 11.3. The molecule has 1 aromatic heterocycles. The summed E-state index contributed by atoms with van der Waals surface area (Å²) in [7, 11) is 0. The van der Waals surface area contributed by atoms with Crippen molar-refractivity contribution in [3.8, 4) is 0 Å². The summed E-state index contributed by atoms with van der Waals surface area (Å²) in [5.74, 6) is 1.03. The molecule has 1 heterocycles. The number of aryl methyl sites for hydroxylation is 2. The van der Waals surface area contributed by atoms with Crippen LogP contribution >= 0.6 is 11.8 Å². The highest BCUT2D eigenvalue weighted by Gasteiger charge is 2.17. The number of aromatic nitrogens is 2. The molecule has 0 radical (unpaired) electrons. The van der Waals surface area contributed by atoms with E-state index in [1.165, 1.54) is 11.8 Å². The van der Waals surface area contributed by atoms with E-state index in [1.807, 2.05) is 6.92 Å². The van der Waals surface area contributed by atoms with Crippen LogP contribution in [0.3, 0.4) is 0 Å². The Morgan fingerprint density at radius 2 is 2.05 bits per heavy atom.